The molecular formula is C18H32N2S. The third-order valence-corrected chi connectivity index (χ3v) is 4.90. The van der Waals surface area contributed by atoms with Crippen molar-refractivity contribution in [1.82, 2.24) is 0 Å². The Kier molecular flexibility index (Phi) is 10.2. The minimum absolute atomic E-state index is 0.679. The van der Waals surface area contributed by atoms with Gasteiger partial charge in [0.1, 0.15) is 0 Å². The van der Waals surface area contributed by atoms with E-state index < -0.39 is 0 Å². The highest BCUT2D eigenvalue weighted by Gasteiger charge is 1.98. The van der Waals surface area contributed by atoms with Crippen LogP contribution in [0.15, 0.2) is 23.1 Å². The predicted octanol–water partition coefficient (Wildman–Crippen LogP) is 5.86. The van der Waals surface area contributed by atoms with Gasteiger partial charge < -0.3 is 11.5 Å². The molecule has 1 rings (SSSR count). The van der Waals surface area contributed by atoms with Gasteiger partial charge in [-0.05, 0) is 30.4 Å². The van der Waals surface area contributed by atoms with Crippen LogP contribution in [-0.2, 0) is 0 Å². The molecule has 1 aromatic rings. The molecule has 0 fully saturated rings. The van der Waals surface area contributed by atoms with Crippen LogP contribution in [0.2, 0.25) is 0 Å². The van der Waals surface area contributed by atoms with E-state index in [1.807, 2.05) is 23.9 Å². The fourth-order valence-corrected chi connectivity index (χ4v) is 3.38. The Labute approximate surface area is 135 Å². The summed E-state index contributed by atoms with van der Waals surface area (Å²) in [7, 11) is 0. The van der Waals surface area contributed by atoms with Crippen LogP contribution < -0.4 is 11.5 Å². The molecule has 0 bridgehead atoms. The molecule has 0 saturated heterocycles. The number of anilines is 2. The minimum atomic E-state index is 0.679. The number of hydrogen-bond donors (Lipinski definition) is 2. The van der Waals surface area contributed by atoms with Crippen LogP contribution in [-0.4, -0.2) is 5.75 Å². The van der Waals surface area contributed by atoms with Gasteiger partial charge in [-0.3, -0.25) is 0 Å². The van der Waals surface area contributed by atoms with E-state index in [2.05, 4.69) is 13.0 Å². The van der Waals surface area contributed by atoms with E-state index in [4.69, 9.17) is 11.5 Å². The second-order valence-electron chi connectivity index (χ2n) is 5.82. The Morgan fingerprint density at radius 2 is 1.33 bits per heavy atom. The second-order valence-corrected chi connectivity index (χ2v) is 6.99. The van der Waals surface area contributed by atoms with Crippen LogP contribution in [0.4, 0.5) is 11.4 Å². The smallest absolute Gasteiger partial charge is 0.0559 e. The summed E-state index contributed by atoms with van der Waals surface area (Å²) in [6.07, 6.45) is 13.9. The molecule has 4 N–H and O–H groups in total. The lowest BCUT2D eigenvalue weighted by Crippen LogP contribution is -1.94. The molecule has 1 aromatic carbocycles. The molecule has 0 atom stereocenters. The van der Waals surface area contributed by atoms with E-state index >= 15 is 0 Å². The van der Waals surface area contributed by atoms with E-state index in [1.54, 1.807) is 0 Å². The normalized spacial score (nSPS) is 10.9. The average molecular weight is 309 g/mol. The van der Waals surface area contributed by atoms with Gasteiger partial charge in [0.25, 0.3) is 0 Å². The van der Waals surface area contributed by atoms with E-state index in [9.17, 15) is 0 Å². The Morgan fingerprint density at radius 3 is 1.90 bits per heavy atom. The molecule has 120 valence electrons. The minimum Gasteiger partial charge on any atom is -0.397 e. The molecule has 2 nitrogen and oxygen atoms in total. The zero-order chi connectivity index (χ0) is 15.3. The summed E-state index contributed by atoms with van der Waals surface area (Å²) in [6, 6.07) is 5.94. The lowest BCUT2D eigenvalue weighted by atomic mass is 10.1. The van der Waals surface area contributed by atoms with Crippen LogP contribution in [0, 0.1) is 0 Å². The van der Waals surface area contributed by atoms with Crippen molar-refractivity contribution >= 4 is 23.1 Å². The molecule has 0 heterocycles. The molecular weight excluding hydrogens is 276 g/mol. The molecule has 0 spiro atoms. The highest BCUT2D eigenvalue weighted by molar-refractivity contribution is 7.99. The third kappa shape index (κ3) is 8.92. The van der Waals surface area contributed by atoms with Crippen LogP contribution in [0.3, 0.4) is 0 Å². The molecule has 0 aliphatic rings. The first-order valence-corrected chi connectivity index (χ1v) is 9.50. The van der Waals surface area contributed by atoms with Crippen molar-refractivity contribution in [3.8, 4) is 0 Å². The quantitative estimate of drug-likeness (QED) is 0.289. The standard InChI is InChI=1S/C18H32N2S/c1-2-3-4-5-6-7-8-9-10-11-14-21-16-12-13-17(19)18(20)15-16/h12-13,15H,2-11,14,19-20H2,1H3. The fraction of sp³-hybridized carbons (Fsp3) is 0.667. The monoisotopic (exact) mass is 308 g/mol. The van der Waals surface area contributed by atoms with Gasteiger partial charge in [0.2, 0.25) is 0 Å². The Morgan fingerprint density at radius 1 is 0.762 bits per heavy atom. The van der Waals surface area contributed by atoms with Crippen molar-refractivity contribution in [2.24, 2.45) is 0 Å². The number of nitrogen functional groups attached to an aromatic ring is 2. The summed E-state index contributed by atoms with van der Waals surface area (Å²) in [4.78, 5) is 1.23. The maximum absolute atomic E-state index is 5.81. The highest BCUT2D eigenvalue weighted by Crippen LogP contribution is 2.25. The van der Waals surface area contributed by atoms with Crippen molar-refractivity contribution < 1.29 is 0 Å². The Balaban J connectivity index is 1.91. The molecule has 21 heavy (non-hydrogen) atoms. The van der Waals surface area contributed by atoms with Gasteiger partial charge in [-0.1, -0.05) is 64.7 Å². The molecule has 3 heteroatoms. The van der Waals surface area contributed by atoms with Gasteiger partial charge in [0.15, 0.2) is 0 Å². The first-order chi connectivity index (χ1) is 10.2. The summed E-state index contributed by atoms with van der Waals surface area (Å²) in [5.74, 6) is 1.18. The molecule has 0 aliphatic heterocycles. The summed E-state index contributed by atoms with van der Waals surface area (Å²) >= 11 is 1.89. The molecule has 0 saturated carbocycles. The van der Waals surface area contributed by atoms with Crippen LogP contribution >= 0.6 is 11.8 Å². The summed E-state index contributed by atoms with van der Waals surface area (Å²) in [6.45, 7) is 2.27. The highest BCUT2D eigenvalue weighted by atomic mass is 32.2. The SMILES string of the molecule is CCCCCCCCCCCCSc1ccc(N)c(N)c1. The van der Waals surface area contributed by atoms with Crippen LogP contribution in [0.1, 0.15) is 71.1 Å². The fourth-order valence-electron chi connectivity index (χ4n) is 2.42. The van der Waals surface area contributed by atoms with E-state index in [-0.39, 0.29) is 0 Å². The molecule has 0 aromatic heterocycles. The van der Waals surface area contributed by atoms with E-state index in [1.165, 1.54) is 74.9 Å². The molecule has 0 unspecified atom stereocenters. The Hall–Kier alpha value is -0.830. The maximum Gasteiger partial charge on any atom is 0.0559 e. The van der Waals surface area contributed by atoms with Gasteiger partial charge in [-0.25, -0.2) is 0 Å². The van der Waals surface area contributed by atoms with Crippen molar-refractivity contribution in [3.05, 3.63) is 18.2 Å². The van der Waals surface area contributed by atoms with Crippen LogP contribution in [0.5, 0.6) is 0 Å². The number of benzene rings is 1. The molecule has 0 amide bonds. The van der Waals surface area contributed by atoms with Crippen molar-refractivity contribution in [2.45, 2.75) is 76.0 Å². The third-order valence-electron chi connectivity index (χ3n) is 3.82. The van der Waals surface area contributed by atoms with Crippen molar-refractivity contribution in [1.29, 1.82) is 0 Å². The van der Waals surface area contributed by atoms with Crippen molar-refractivity contribution in [2.75, 3.05) is 17.2 Å². The zero-order valence-electron chi connectivity index (χ0n) is 13.6. The second kappa shape index (κ2) is 11.8. The number of thioether (sulfide) groups is 1. The van der Waals surface area contributed by atoms with Gasteiger partial charge >= 0.3 is 0 Å². The zero-order valence-corrected chi connectivity index (χ0v) is 14.4. The number of unbranched alkanes of at least 4 members (excludes halogenated alkanes) is 9. The van der Waals surface area contributed by atoms with Gasteiger partial charge in [0, 0.05) is 4.90 Å². The topological polar surface area (TPSA) is 52.0 Å². The predicted molar refractivity (Wildman–Crippen MR) is 97.8 cm³/mol. The first-order valence-electron chi connectivity index (χ1n) is 8.52. The lowest BCUT2D eigenvalue weighted by molar-refractivity contribution is 0.563. The number of rotatable bonds is 12. The van der Waals surface area contributed by atoms with Gasteiger partial charge in [-0.15, -0.1) is 11.8 Å². The van der Waals surface area contributed by atoms with Crippen molar-refractivity contribution in [3.63, 3.8) is 0 Å². The molecule has 0 radical (unpaired) electrons. The summed E-state index contributed by atoms with van der Waals surface area (Å²) in [5.41, 5.74) is 12.9. The Bertz CT molecular complexity index is 379. The first kappa shape index (κ1) is 18.2. The lowest BCUT2D eigenvalue weighted by Gasteiger charge is -2.05. The van der Waals surface area contributed by atoms with Gasteiger partial charge in [0.05, 0.1) is 11.4 Å². The largest absolute Gasteiger partial charge is 0.397 e. The van der Waals surface area contributed by atoms with E-state index in [0.717, 1.165) is 0 Å². The maximum atomic E-state index is 5.81. The molecule has 0 aliphatic carbocycles. The summed E-state index contributed by atoms with van der Waals surface area (Å²) < 4.78 is 0. The van der Waals surface area contributed by atoms with Crippen LogP contribution in [0.25, 0.3) is 0 Å². The number of nitrogens with two attached hydrogens (primary N) is 2. The summed E-state index contributed by atoms with van der Waals surface area (Å²) in [5, 5.41) is 0. The van der Waals surface area contributed by atoms with Gasteiger partial charge in [-0.2, -0.15) is 0 Å². The average Bonchev–Trinajstić information content (AvgIpc) is 2.48. The number of hydrogen-bond acceptors (Lipinski definition) is 3. The van der Waals surface area contributed by atoms with E-state index in [0.29, 0.717) is 11.4 Å².